The summed E-state index contributed by atoms with van der Waals surface area (Å²) in [7, 11) is 1.70. The maximum absolute atomic E-state index is 3.70. The van der Waals surface area contributed by atoms with Crippen molar-refractivity contribution in [1.82, 2.24) is 5.32 Å². The Bertz CT molecular complexity index is 87.7. The second-order valence-electron chi connectivity index (χ2n) is 1.41. The van der Waals surface area contributed by atoms with Crippen molar-refractivity contribution in [1.29, 1.82) is 0 Å². The summed E-state index contributed by atoms with van der Waals surface area (Å²) in [6.07, 6.45) is 1.66. The van der Waals surface area contributed by atoms with Gasteiger partial charge in [-0.2, -0.15) is 0 Å². The molecule has 0 rings (SSSR count). The van der Waals surface area contributed by atoms with Gasteiger partial charge >= 0.3 is 0 Å². The van der Waals surface area contributed by atoms with E-state index in [1.165, 1.54) is 0 Å². The highest BCUT2D eigenvalue weighted by Crippen LogP contribution is 1.74. The first kappa shape index (κ1) is 7.14. The predicted molar refractivity (Wildman–Crippen MR) is 36.6 cm³/mol. The standard InChI is InChI=1S/C5H11N3/c1-5(7-3)8-4-6-2/h4-5H,3H2,1-2H3,(H,6,8). The SMILES string of the molecule is C=NC(C)N/C=N\C. The normalized spacial score (nSPS) is 13.8. The smallest absolute Gasteiger partial charge is 0.115 e. The van der Waals surface area contributed by atoms with Crippen LogP contribution in [-0.2, 0) is 0 Å². The Morgan fingerprint density at radius 2 is 2.38 bits per heavy atom. The van der Waals surface area contributed by atoms with Crippen LogP contribution in [-0.4, -0.2) is 26.3 Å². The Morgan fingerprint density at radius 3 is 2.75 bits per heavy atom. The summed E-state index contributed by atoms with van der Waals surface area (Å²) < 4.78 is 0. The number of hydrogen-bond acceptors (Lipinski definition) is 2. The Labute approximate surface area is 49.5 Å². The van der Waals surface area contributed by atoms with E-state index in [2.05, 4.69) is 22.0 Å². The number of hydrogen-bond donors (Lipinski definition) is 1. The summed E-state index contributed by atoms with van der Waals surface area (Å²) in [5.74, 6) is 0. The molecule has 0 amide bonds. The van der Waals surface area contributed by atoms with Gasteiger partial charge in [0.15, 0.2) is 0 Å². The van der Waals surface area contributed by atoms with Crippen LogP contribution in [0.15, 0.2) is 9.98 Å². The molecule has 3 heteroatoms. The molecule has 1 unspecified atom stereocenters. The summed E-state index contributed by atoms with van der Waals surface area (Å²) in [5.41, 5.74) is 0. The molecule has 0 spiro atoms. The highest BCUT2D eigenvalue weighted by Gasteiger charge is 1.85. The van der Waals surface area contributed by atoms with Crippen LogP contribution in [0.2, 0.25) is 0 Å². The summed E-state index contributed by atoms with van der Waals surface area (Å²) in [6.45, 7) is 5.24. The number of nitrogens with zero attached hydrogens (tertiary/aromatic N) is 2. The number of nitrogens with one attached hydrogen (secondary N) is 1. The molecule has 1 atom stereocenters. The lowest BCUT2D eigenvalue weighted by Gasteiger charge is -2.01. The maximum Gasteiger partial charge on any atom is 0.115 e. The zero-order valence-electron chi connectivity index (χ0n) is 5.26. The topological polar surface area (TPSA) is 36.8 Å². The molecular formula is C5H11N3. The van der Waals surface area contributed by atoms with E-state index in [4.69, 9.17) is 0 Å². The minimum Gasteiger partial charge on any atom is -0.355 e. The van der Waals surface area contributed by atoms with Gasteiger partial charge in [0, 0.05) is 7.05 Å². The van der Waals surface area contributed by atoms with Gasteiger partial charge in [0.25, 0.3) is 0 Å². The Morgan fingerprint density at radius 1 is 1.75 bits per heavy atom. The first-order valence-corrected chi connectivity index (χ1v) is 2.43. The Balaban J connectivity index is 3.23. The van der Waals surface area contributed by atoms with E-state index < -0.39 is 0 Å². The molecule has 8 heavy (non-hydrogen) atoms. The summed E-state index contributed by atoms with van der Waals surface area (Å²) in [6, 6.07) is 0. The van der Waals surface area contributed by atoms with Gasteiger partial charge in [0.05, 0.1) is 6.34 Å². The van der Waals surface area contributed by atoms with E-state index in [1.807, 2.05) is 6.92 Å². The van der Waals surface area contributed by atoms with Crippen LogP contribution in [0.25, 0.3) is 0 Å². The first-order chi connectivity index (χ1) is 3.81. The lowest BCUT2D eigenvalue weighted by Crippen LogP contribution is -2.21. The van der Waals surface area contributed by atoms with E-state index in [0.717, 1.165) is 0 Å². The molecule has 1 N–H and O–H groups in total. The molecule has 0 aliphatic heterocycles. The van der Waals surface area contributed by atoms with E-state index in [0.29, 0.717) is 0 Å². The van der Waals surface area contributed by atoms with E-state index in [1.54, 1.807) is 13.4 Å². The van der Waals surface area contributed by atoms with Gasteiger partial charge in [-0.1, -0.05) is 0 Å². The van der Waals surface area contributed by atoms with Gasteiger partial charge in [-0.25, -0.2) is 0 Å². The van der Waals surface area contributed by atoms with Crippen LogP contribution in [0, 0.1) is 0 Å². The second kappa shape index (κ2) is 4.30. The molecule has 0 saturated heterocycles. The first-order valence-electron chi connectivity index (χ1n) is 2.43. The lowest BCUT2D eigenvalue weighted by molar-refractivity contribution is 0.715. The predicted octanol–water partition coefficient (Wildman–Crippen LogP) is 0.281. The van der Waals surface area contributed by atoms with Crippen molar-refractivity contribution < 1.29 is 0 Å². The molecule has 0 aromatic heterocycles. The van der Waals surface area contributed by atoms with Crippen LogP contribution in [0.1, 0.15) is 6.92 Å². The Hall–Kier alpha value is -0.860. The van der Waals surface area contributed by atoms with Crippen LogP contribution in [0.4, 0.5) is 0 Å². The van der Waals surface area contributed by atoms with Gasteiger partial charge in [-0.15, -0.1) is 0 Å². The molecule has 0 saturated carbocycles. The largest absolute Gasteiger partial charge is 0.355 e. The molecule has 0 radical (unpaired) electrons. The fourth-order valence-corrected chi connectivity index (χ4v) is 0.235. The second-order valence-corrected chi connectivity index (χ2v) is 1.41. The summed E-state index contributed by atoms with van der Waals surface area (Å²) in [5, 5.41) is 2.86. The van der Waals surface area contributed by atoms with Gasteiger partial charge < -0.3 is 5.32 Å². The van der Waals surface area contributed by atoms with Crippen molar-refractivity contribution in [3.63, 3.8) is 0 Å². The third kappa shape index (κ3) is 3.33. The molecule has 0 aromatic carbocycles. The van der Waals surface area contributed by atoms with Crippen LogP contribution < -0.4 is 5.32 Å². The molecule has 0 bridgehead atoms. The average molecular weight is 113 g/mol. The molecule has 46 valence electrons. The van der Waals surface area contributed by atoms with Crippen LogP contribution >= 0.6 is 0 Å². The zero-order valence-corrected chi connectivity index (χ0v) is 5.26. The third-order valence-corrected chi connectivity index (χ3v) is 0.719. The van der Waals surface area contributed by atoms with Crippen molar-refractivity contribution in [2.24, 2.45) is 9.98 Å². The highest BCUT2D eigenvalue weighted by atomic mass is 15.1. The summed E-state index contributed by atoms with van der Waals surface area (Å²) >= 11 is 0. The zero-order chi connectivity index (χ0) is 6.41. The number of rotatable bonds is 3. The summed E-state index contributed by atoms with van der Waals surface area (Å²) in [4.78, 5) is 7.37. The molecule has 0 aliphatic carbocycles. The third-order valence-electron chi connectivity index (χ3n) is 0.719. The molecular weight excluding hydrogens is 102 g/mol. The van der Waals surface area contributed by atoms with Crippen molar-refractivity contribution in [2.75, 3.05) is 7.05 Å². The van der Waals surface area contributed by atoms with Crippen molar-refractivity contribution in [3.8, 4) is 0 Å². The van der Waals surface area contributed by atoms with E-state index >= 15 is 0 Å². The molecule has 0 fully saturated rings. The Kier molecular flexibility index (Phi) is 3.84. The molecule has 0 aliphatic rings. The molecule has 0 aromatic rings. The van der Waals surface area contributed by atoms with Gasteiger partial charge in [-0.3, -0.25) is 9.98 Å². The molecule has 3 nitrogen and oxygen atoms in total. The average Bonchev–Trinajstić information content (AvgIpc) is 1.83. The van der Waals surface area contributed by atoms with Gasteiger partial charge in [0.1, 0.15) is 6.17 Å². The van der Waals surface area contributed by atoms with Crippen LogP contribution in [0.3, 0.4) is 0 Å². The quantitative estimate of drug-likeness (QED) is 0.414. The highest BCUT2D eigenvalue weighted by molar-refractivity contribution is 5.54. The van der Waals surface area contributed by atoms with E-state index in [9.17, 15) is 0 Å². The molecule has 0 heterocycles. The van der Waals surface area contributed by atoms with Crippen molar-refractivity contribution in [3.05, 3.63) is 0 Å². The minimum atomic E-state index is 0.0682. The monoisotopic (exact) mass is 113 g/mol. The minimum absolute atomic E-state index is 0.0682. The fourth-order valence-electron chi connectivity index (χ4n) is 0.235. The van der Waals surface area contributed by atoms with Crippen molar-refractivity contribution in [2.45, 2.75) is 13.1 Å². The van der Waals surface area contributed by atoms with E-state index in [-0.39, 0.29) is 6.17 Å². The fraction of sp³-hybridized carbons (Fsp3) is 0.600. The van der Waals surface area contributed by atoms with Gasteiger partial charge in [-0.05, 0) is 13.6 Å². The lowest BCUT2D eigenvalue weighted by atomic mass is 10.6. The van der Waals surface area contributed by atoms with Crippen LogP contribution in [0.5, 0.6) is 0 Å². The van der Waals surface area contributed by atoms with Gasteiger partial charge in [0.2, 0.25) is 0 Å². The maximum atomic E-state index is 3.70. The van der Waals surface area contributed by atoms with Crippen molar-refractivity contribution >= 4 is 13.1 Å². The number of aliphatic imine (C=N–C) groups is 2.